The predicted molar refractivity (Wildman–Crippen MR) is 184 cm³/mol. The zero-order valence-electron chi connectivity index (χ0n) is 28.3. The van der Waals surface area contributed by atoms with E-state index in [0.717, 1.165) is 28.8 Å². The van der Waals surface area contributed by atoms with E-state index in [4.69, 9.17) is 21.1 Å². The monoisotopic (exact) mass is 753 g/mol. The van der Waals surface area contributed by atoms with Crippen LogP contribution in [0.4, 0.5) is 33.5 Å². The third-order valence-electron chi connectivity index (χ3n) is 9.25. The van der Waals surface area contributed by atoms with Crippen LogP contribution in [-0.2, 0) is 29.2 Å². The number of aryl methyl sites for hydroxylation is 1. The van der Waals surface area contributed by atoms with Gasteiger partial charge in [0.2, 0.25) is 0 Å². The standard InChI is InChI=1S/C35H37ClF5N5O4S/c1-44(2)34(13-10-23-6-9-28(36)27(16-23)35(39,40)41)12-5-15-45(21-34)25-17-29(37)33(30(38)18-25)51(47,48)46(32-11-14-42-22-43-32)20-24-7-8-26(49-3)19-31(24)50-4/h6-9,11,14,16-19,22H,5,10,12-13,15,20-21H2,1-4H3/t34-/m1/s1. The van der Waals surface area contributed by atoms with E-state index in [1.807, 2.05) is 19.0 Å². The Kier molecular flexibility index (Phi) is 11.3. The molecule has 9 nitrogen and oxygen atoms in total. The lowest BCUT2D eigenvalue weighted by Crippen LogP contribution is -2.56. The molecule has 3 aromatic carbocycles. The zero-order valence-corrected chi connectivity index (χ0v) is 29.9. The summed E-state index contributed by atoms with van der Waals surface area (Å²) >= 11 is 5.82. The van der Waals surface area contributed by atoms with Gasteiger partial charge in [-0.25, -0.2) is 31.5 Å². The fraction of sp³-hybridized carbons (Fsp3) is 0.371. The number of hydrogen-bond acceptors (Lipinski definition) is 8. The third kappa shape index (κ3) is 8.15. The smallest absolute Gasteiger partial charge is 0.417 e. The van der Waals surface area contributed by atoms with E-state index in [0.29, 0.717) is 49.1 Å². The SMILES string of the molecule is COc1ccc(CN(c2ccncn2)S(=O)(=O)c2c(F)cc(N3CCC[C@](CCc4ccc(Cl)c(C(F)(F)F)c4)(N(C)C)C3)cc2F)c(OC)c1. The van der Waals surface area contributed by atoms with Crippen molar-refractivity contribution in [3.8, 4) is 11.5 Å². The number of nitrogens with zero attached hydrogens (tertiary/aromatic N) is 5. The average molecular weight is 754 g/mol. The maximum absolute atomic E-state index is 16.0. The lowest BCUT2D eigenvalue weighted by Gasteiger charge is -2.48. The van der Waals surface area contributed by atoms with E-state index in [1.165, 1.54) is 32.5 Å². The topological polar surface area (TPSA) is 88.1 Å². The number of halogens is 6. The van der Waals surface area contributed by atoms with Crippen molar-refractivity contribution >= 4 is 33.1 Å². The molecule has 0 N–H and O–H groups in total. The normalized spacial score (nSPS) is 16.7. The van der Waals surface area contributed by atoms with Gasteiger partial charge in [-0.1, -0.05) is 17.7 Å². The molecule has 1 atom stereocenters. The number of hydrogen-bond donors (Lipinski definition) is 0. The van der Waals surface area contributed by atoms with E-state index in [1.54, 1.807) is 29.2 Å². The zero-order chi connectivity index (χ0) is 37.1. The fourth-order valence-electron chi connectivity index (χ4n) is 6.39. The van der Waals surface area contributed by atoms with Crippen LogP contribution in [0.2, 0.25) is 5.02 Å². The maximum atomic E-state index is 16.0. The van der Waals surface area contributed by atoms with Crippen molar-refractivity contribution < 1.29 is 39.8 Å². The van der Waals surface area contributed by atoms with Crippen LogP contribution in [0, 0.1) is 11.6 Å². The molecule has 4 aromatic rings. The number of likely N-dealkylation sites (N-methyl/N-ethyl adjacent to an activating group) is 1. The molecule has 0 saturated carbocycles. The number of sulfonamides is 1. The molecule has 1 aliphatic heterocycles. The highest BCUT2D eigenvalue weighted by Gasteiger charge is 2.40. The first-order valence-corrected chi connectivity index (χ1v) is 17.7. The van der Waals surface area contributed by atoms with Crippen LogP contribution >= 0.6 is 11.6 Å². The lowest BCUT2D eigenvalue weighted by atomic mass is 9.82. The summed E-state index contributed by atoms with van der Waals surface area (Å²) in [6.07, 6.45) is -0.150. The highest BCUT2D eigenvalue weighted by molar-refractivity contribution is 7.92. The molecule has 5 rings (SSSR count). The van der Waals surface area contributed by atoms with Gasteiger partial charge in [-0.05, 0) is 81.7 Å². The number of rotatable bonds is 12. The summed E-state index contributed by atoms with van der Waals surface area (Å²) in [4.78, 5) is 10.5. The largest absolute Gasteiger partial charge is 0.497 e. The Balaban J connectivity index is 1.45. The molecule has 1 aromatic heterocycles. The first-order chi connectivity index (χ1) is 24.1. The molecule has 0 bridgehead atoms. The first-order valence-electron chi connectivity index (χ1n) is 15.9. The van der Waals surface area contributed by atoms with Crippen molar-refractivity contribution in [2.75, 3.05) is 50.6 Å². The second-order valence-corrected chi connectivity index (χ2v) is 14.7. The summed E-state index contributed by atoms with van der Waals surface area (Å²) in [7, 11) is 1.65. The van der Waals surface area contributed by atoms with Gasteiger partial charge in [0.15, 0.2) is 4.90 Å². The van der Waals surface area contributed by atoms with Crippen molar-refractivity contribution in [3.63, 3.8) is 0 Å². The Hall–Kier alpha value is -4.21. The van der Waals surface area contributed by atoms with Gasteiger partial charge < -0.3 is 19.3 Å². The molecule has 0 aliphatic carbocycles. The van der Waals surface area contributed by atoms with Crippen molar-refractivity contribution in [1.29, 1.82) is 0 Å². The Morgan fingerprint density at radius 3 is 2.33 bits per heavy atom. The summed E-state index contributed by atoms with van der Waals surface area (Å²) in [5.74, 6) is -1.98. The van der Waals surface area contributed by atoms with Crippen LogP contribution < -0.4 is 18.7 Å². The molecule has 0 unspecified atom stereocenters. The van der Waals surface area contributed by atoms with E-state index >= 15 is 8.78 Å². The molecular formula is C35H37ClF5N5O4S. The van der Waals surface area contributed by atoms with Gasteiger partial charge in [-0.2, -0.15) is 13.2 Å². The number of benzene rings is 3. The molecule has 274 valence electrons. The minimum absolute atomic E-state index is 0.124. The average Bonchev–Trinajstić information content (AvgIpc) is 3.09. The number of aromatic nitrogens is 2. The summed E-state index contributed by atoms with van der Waals surface area (Å²) < 4.78 is 112. The summed E-state index contributed by atoms with van der Waals surface area (Å²) in [5.41, 5.74) is -0.522. The van der Waals surface area contributed by atoms with E-state index in [2.05, 4.69) is 9.97 Å². The second kappa shape index (κ2) is 15.2. The summed E-state index contributed by atoms with van der Waals surface area (Å²) in [5, 5.41) is -0.382. The van der Waals surface area contributed by atoms with Crippen molar-refractivity contribution in [3.05, 3.63) is 100 Å². The molecular weight excluding hydrogens is 717 g/mol. The molecule has 0 radical (unpaired) electrons. The Labute approximate surface area is 298 Å². The predicted octanol–water partition coefficient (Wildman–Crippen LogP) is 7.37. The molecule has 2 heterocycles. The van der Waals surface area contributed by atoms with Crippen molar-refractivity contribution in [2.45, 2.75) is 48.8 Å². The van der Waals surface area contributed by atoms with Crippen LogP contribution in [-0.4, -0.2) is 70.2 Å². The summed E-state index contributed by atoms with van der Waals surface area (Å²) in [6, 6.07) is 11.8. The molecule has 0 amide bonds. The van der Waals surface area contributed by atoms with E-state index in [9.17, 15) is 21.6 Å². The number of anilines is 2. The Morgan fingerprint density at radius 1 is 1.00 bits per heavy atom. The fourth-order valence-corrected chi connectivity index (χ4v) is 8.11. The van der Waals surface area contributed by atoms with Gasteiger partial charge in [-0.15, -0.1) is 0 Å². The number of piperidine rings is 1. The van der Waals surface area contributed by atoms with Crippen LogP contribution in [0.5, 0.6) is 11.5 Å². The Morgan fingerprint density at radius 2 is 1.73 bits per heavy atom. The van der Waals surface area contributed by atoms with Gasteiger partial charge in [0.1, 0.15) is 35.3 Å². The number of ether oxygens (including phenoxy) is 2. The lowest BCUT2D eigenvalue weighted by molar-refractivity contribution is -0.137. The third-order valence-corrected chi connectivity index (χ3v) is 11.4. The van der Waals surface area contributed by atoms with Crippen LogP contribution in [0.3, 0.4) is 0 Å². The van der Waals surface area contributed by atoms with Crippen LogP contribution in [0.1, 0.15) is 36.0 Å². The molecule has 1 saturated heterocycles. The van der Waals surface area contributed by atoms with Crippen LogP contribution in [0.25, 0.3) is 0 Å². The maximum Gasteiger partial charge on any atom is 0.417 e. The molecule has 1 aliphatic rings. The van der Waals surface area contributed by atoms with E-state index < -0.39 is 43.8 Å². The summed E-state index contributed by atoms with van der Waals surface area (Å²) in [6.45, 7) is 0.321. The van der Waals surface area contributed by atoms with Gasteiger partial charge >= 0.3 is 6.18 Å². The quantitative estimate of drug-likeness (QED) is 0.139. The van der Waals surface area contributed by atoms with Gasteiger partial charge in [-0.3, -0.25) is 0 Å². The van der Waals surface area contributed by atoms with E-state index in [-0.39, 0.29) is 35.4 Å². The molecule has 0 spiro atoms. The molecule has 16 heteroatoms. The highest BCUT2D eigenvalue weighted by Crippen LogP contribution is 2.39. The van der Waals surface area contributed by atoms with Crippen molar-refractivity contribution in [1.82, 2.24) is 14.9 Å². The minimum atomic E-state index is -4.90. The second-order valence-electron chi connectivity index (χ2n) is 12.5. The van der Waals surface area contributed by atoms with Gasteiger partial charge in [0, 0.05) is 48.2 Å². The highest BCUT2D eigenvalue weighted by atomic mass is 35.5. The molecule has 51 heavy (non-hydrogen) atoms. The number of methoxy groups -OCH3 is 2. The van der Waals surface area contributed by atoms with Gasteiger partial charge in [0.05, 0.1) is 31.4 Å². The van der Waals surface area contributed by atoms with Crippen molar-refractivity contribution in [2.24, 2.45) is 0 Å². The molecule has 1 fully saturated rings. The number of alkyl halides is 3. The first kappa shape index (κ1) is 38.0. The minimum Gasteiger partial charge on any atom is -0.497 e. The van der Waals surface area contributed by atoms with Gasteiger partial charge in [0.25, 0.3) is 10.0 Å². The van der Waals surface area contributed by atoms with Crippen LogP contribution in [0.15, 0.2) is 72.0 Å². The Bertz CT molecular complexity index is 1950.